The van der Waals surface area contributed by atoms with Gasteiger partial charge in [-0.3, -0.25) is 9.36 Å². The number of aliphatic imine (C=N–C) groups is 1. The number of fused-ring (bicyclic) bond motifs is 1. The Morgan fingerprint density at radius 2 is 2.04 bits per heavy atom. The van der Waals surface area contributed by atoms with Crippen LogP contribution in [0.15, 0.2) is 40.6 Å². The van der Waals surface area contributed by atoms with Gasteiger partial charge >= 0.3 is 0 Å². The van der Waals surface area contributed by atoms with E-state index in [4.69, 9.17) is 0 Å². The molecule has 0 spiro atoms. The molecule has 0 fully saturated rings. The van der Waals surface area contributed by atoms with Gasteiger partial charge in [0.1, 0.15) is 11.6 Å². The molecule has 0 saturated carbocycles. The molecular formula is C19H21FIN5O. The molecule has 1 aliphatic rings. The average molecular weight is 481 g/mol. The van der Waals surface area contributed by atoms with Crippen LogP contribution in [-0.2, 0) is 7.05 Å². The second-order valence-electron chi connectivity index (χ2n) is 6.59. The maximum absolute atomic E-state index is 14.3. The predicted molar refractivity (Wildman–Crippen MR) is 117 cm³/mol. The Balaban J connectivity index is 2.04. The van der Waals surface area contributed by atoms with Crippen LogP contribution >= 0.6 is 22.6 Å². The Morgan fingerprint density at radius 1 is 1.30 bits per heavy atom. The molecule has 8 heteroatoms. The summed E-state index contributed by atoms with van der Waals surface area (Å²) in [4.78, 5) is 20.8. The van der Waals surface area contributed by atoms with Crippen molar-refractivity contribution in [2.75, 3.05) is 32.5 Å². The molecule has 0 amide bonds. The van der Waals surface area contributed by atoms with E-state index in [1.807, 2.05) is 19.0 Å². The smallest absolute Gasteiger partial charge is 0.254 e. The number of rotatable bonds is 5. The van der Waals surface area contributed by atoms with E-state index in [9.17, 15) is 9.18 Å². The van der Waals surface area contributed by atoms with Gasteiger partial charge in [0.2, 0.25) is 0 Å². The topological polar surface area (TPSA) is 52.9 Å². The number of likely N-dealkylation sites (N-methyl/N-ethyl adjacent to an activating group) is 1. The van der Waals surface area contributed by atoms with Gasteiger partial charge in [-0.1, -0.05) is 6.58 Å². The van der Waals surface area contributed by atoms with Crippen molar-refractivity contribution in [1.29, 1.82) is 0 Å². The quantitative estimate of drug-likeness (QED) is 0.666. The molecule has 2 heterocycles. The van der Waals surface area contributed by atoms with Crippen LogP contribution in [0.3, 0.4) is 0 Å². The summed E-state index contributed by atoms with van der Waals surface area (Å²) in [6.07, 6.45) is 1.68. The summed E-state index contributed by atoms with van der Waals surface area (Å²) in [6.45, 7) is 5.71. The van der Waals surface area contributed by atoms with E-state index in [2.05, 4.69) is 44.4 Å². The molecule has 27 heavy (non-hydrogen) atoms. The van der Waals surface area contributed by atoms with Crippen molar-refractivity contribution in [2.24, 2.45) is 12.0 Å². The molecule has 3 rings (SSSR count). The van der Waals surface area contributed by atoms with Crippen LogP contribution in [0.5, 0.6) is 0 Å². The van der Waals surface area contributed by atoms with Gasteiger partial charge < -0.3 is 15.1 Å². The van der Waals surface area contributed by atoms with Gasteiger partial charge in [-0.05, 0) is 54.9 Å². The number of hydrogen-bond donors (Lipinski definition) is 1. The lowest BCUT2D eigenvalue weighted by Gasteiger charge is -2.30. The minimum absolute atomic E-state index is 0.228. The van der Waals surface area contributed by atoms with Crippen molar-refractivity contribution in [3.8, 4) is 0 Å². The fourth-order valence-corrected chi connectivity index (χ4v) is 3.25. The second-order valence-corrected chi connectivity index (χ2v) is 7.84. The highest BCUT2D eigenvalue weighted by atomic mass is 127. The van der Waals surface area contributed by atoms with E-state index in [-0.39, 0.29) is 11.4 Å². The molecular weight excluding hydrogens is 460 g/mol. The molecule has 1 aliphatic heterocycles. The van der Waals surface area contributed by atoms with Crippen molar-refractivity contribution in [1.82, 2.24) is 14.4 Å². The average Bonchev–Trinajstić information content (AvgIpc) is 2.60. The number of nitrogens with one attached hydrogen (secondary N) is 1. The van der Waals surface area contributed by atoms with E-state index in [1.165, 1.54) is 16.7 Å². The lowest BCUT2D eigenvalue weighted by Crippen LogP contribution is -2.32. The van der Waals surface area contributed by atoms with Crippen LogP contribution < -0.4 is 10.9 Å². The summed E-state index contributed by atoms with van der Waals surface area (Å²) in [7, 11) is 5.65. The van der Waals surface area contributed by atoms with Crippen molar-refractivity contribution in [2.45, 2.75) is 0 Å². The van der Waals surface area contributed by atoms with Crippen LogP contribution in [0.1, 0.15) is 5.56 Å². The highest BCUT2D eigenvalue weighted by Crippen LogP contribution is 2.37. The number of halogens is 2. The first-order valence-corrected chi connectivity index (χ1v) is 9.46. The first kappa shape index (κ1) is 19.6. The van der Waals surface area contributed by atoms with E-state index < -0.39 is 0 Å². The maximum Gasteiger partial charge on any atom is 0.254 e. The summed E-state index contributed by atoms with van der Waals surface area (Å²) in [5, 5.41) is 3.05. The zero-order valence-corrected chi connectivity index (χ0v) is 17.6. The molecule has 1 aromatic heterocycles. The zero-order valence-electron chi connectivity index (χ0n) is 15.5. The summed E-state index contributed by atoms with van der Waals surface area (Å²) < 4.78 is 16.6. The van der Waals surface area contributed by atoms with E-state index in [1.54, 1.807) is 25.5 Å². The number of nitrogens with zero attached hydrogens (tertiary/aromatic N) is 4. The maximum atomic E-state index is 14.3. The van der Waals surface area contributed by atoms with Crippen molar-refractivity contribution >= 4 is 51.8 Å². The summed E-state index contributed by atoms with van der Waals surface area (Å²) in [5.74, 6) is 0.118. The minimum atomic E-state index is -0.384. The SMILES string of the molecule is C=C1c2c(Nc3ccc(I)cc3F)cc(=O)n(C)c2N=CN1CCN(C)C. The van der Waals surface area contributed by atoms with Crippen LogP contribution in [0.25, 0.3) is 5.70 Å². The van der Waals surface area contributed by atoms with Crippen LogP contribution in [0.4, 0.5) is 21.6 Å². The summed E-state index contributed by atoms with van der Waals surface area (Å²) in [6, 6.07) is 6.34. The largest absolute Gasteiger partial charge is 0.352 e. The molecule has 1 N–H and O–H groups in total. The highest BCUT2D eigenvalue weighted by Gasteiger charge is 2.23. The molecule has 0 unspecified atom stereocenters. The second kappa shape index (κ2) is 7.81. The van der Waals surface area contributed by atoms with Gasteiger partial charge in [0.05, 0.1) is 23.3 Å². The molecule has 0 bridgehead atoms. The number of anilines is 2. The molecule has 6 nitrogen and oxygen atoms in total. The van der Waals surface area contributed by atoms with Crippen LogP contribution in [0, 0.1) is 9.39 Å². The lowest BCUT2D eigenvalue weighted by atomic mass is 10.1. The summed E-state index contributed by atoms with van der Waals surface area (Å²) >= 11 is 2.05. The van der Waals surface area contributed by atoms with Gasteiger partial charge in [0, 0.05) is 35.5 Å². The highest BCUT2D eigenvalue weighted by molar-refractivity contribution is 14.1. The summed E-state index contributed by atoms with van der Waals surface area (Å²) in [5.41, 5.74) is 1.97. The Morgan fingerprint density at radius 3 is 2.70 bits per heavy atom. The van der Waals surface area contributed by atoms with Gasteiger partial charge in [-0.25, -0.2) is 9.38 Å². The first-order valence-electron chi connectivity index (χ1n) is 8.39. The number of hydrogen-bond acceptors (Lipinski definition) is 5. The fourth-order valence-electron chi connectivity index (χ4n) is 2.79. The third-order valence-corrected chi connectivity index (χ3v) is 5.02. The number of benzene rings is 1. The van der Waals surface area contributed by atoms with E-state index in [0.717, 1.165) is 10.1 Å². The van der Waals surface area contributed by atoms with Crippen molar-refractivity contribution in [3.63, 3.8) is 0 Å². The molecule has 2 aromatic rings. The first-order chi connectivity index (χ1) is 12.8. The monoisotopic (exact) mass is 481 g/mol. The van der Waals surface area contributed by atoms with Crippen molar-refractivity contribution in [3.05, 3.63) is 56.1 Å². The molecule has 142 valence electrons. The van der Waals surface area contributed by atoms with Gasteiger partial charge in [0.15, 0.2) is 0 Å². The van der Waals surface area contributed by atoms with Gasteiger partial charge in [0.25, 0.3) is 5.56 Å². The normalized spacial score (nSPS) is 13.3. The molecule has 0 saturated heterocycles. The Labute approximate surface area is 171 Å². The lowest BCUT2D eigenvalue weighted by molar-refractivity contribution is 0.377. The fraction of sp³-hybridized carbons (Fsp3) is 0.263. The molecule has 0 radical (unpaired) electrons. The predicted octanol–water partition coefficient (Wildman–Crippen LogP) is 3.38. The number of aromatic nitrogens is 1. The zero-order chi connectivity index (χ0) is 19.7. The third-order valence-electron chi connectivity index (χ3n) is 4.35. The van der Waals surface area contributed by atoms with Gasteiger partial charge in [-0.2, -0.15) is 0 Å². The standard InChI is InChI=1S/C19H21FIN5O/c1-12-18-16(23-15-6-5-13(21)9-14(15)20)10-17(27)25(4)19(18)22-11-26(12)8-7-24(2)3/h5-6,9-11,23H,1,7-8H2,2-4H3. The van der Waals surface area contributed by atoms with Crippen molar-refractivity contribution < 1.29 is 4.39 Å². The molecule has 0 aliphatic carbocycles. The Hall–Kier alpha value is -2.20. The number of pyridine rings is 1. The molecule has 0 atom stereocenters. The van der Waals surface area contributed by atoms with Gasteiger partial charge in [-0.15, -0.1) is 0 Å². The van der Waals surface area contributed by atoms with Crippen LogP contribution in [0.2, 0.25) is 0 Å². The molecule has 1 aromatic carbocycles. The minimum Gasteiger partial charge on any atom is -0.352 e. The van der Waals surface area contributed by atoms with E-state index >= 15 is 0 Å². The third kappa shape index (κ3) is 4.06. The van der Waals surface area contributed by atoms with E-state index in [0.29, 0.717) is 35.0 Å². The Bertz CT molecular complexity index is 983. The van der Waals surface area contributed by atoms with Crippen LogP contribution in [-0.4, -0.2) is 47.9 Å². The Kier molecular flexibility index (Phi) is 5.66.